The fraction of sp³-hybridized carbons (Fsp3) is 0.143. The van der Waals surface area contributed by atoms with Crippen molar-refractivity contribution in [2.75, 3.05) is 0 Å². The Kier molecular flexibility index (Phi) is 4.06. The van der Waals surface area contributed by atoms with Crippen LogP contribution in [0.25, 0.3) is 0 Å². The molecule has 0 bridgehead atoms. The SMILES string of the molecule is NCc1ccc(SOOO)cc1. The van der Waals surface area contributed by atoms with Crippen molar-refractivity contribution in [3.8, 4) is 0 Å². The normalized spacial score (nSPS) is 10.2. The molecule has 0 spiro atoms. The first-order valence-corrected chi connectivity index (χ1v) is 4.04. The third-order valence-electron chi connectivity index (χ3n) is 1.32. The van der Waals surface area contributed by atoms with Crippen LogP contribution in [0.1, 0.15) is 5.56 Å². The lowest BCUT2D eigenvalue weighted by molar-refractivity contribution is -0.432. The highest BCUT2D eigenvalue weighted by atomic mass is 32.2. The molecule has 0 unspecified atom stereocenters. The van der Waals surface area contributed by atoms with Gasteiger partial charge in [-0.15, -0.1) is 4.33 Å². The van der Waals surface area contributed by atoms with Crippen LogP contribution >= 0.6 is 12.0 Å². The average molecular weight is 187 g/mol. The third kappa shape index (κ3) is 2.80. The smallest absolute Gasteiger partial charge is 0.0714 e. The average Bonchev–Trinajstić information content (AvgIpc) is 2.15. The van der Waals surface area contributed by atoms with Gasteiger partial charge in [0, 0.05) is 11.4 Å². The highest BCUT2D eigenvalue weighted by molar-refractivity contribution is 7.94. The van der Waals surface area contributed by atoms with Gasteiger partial charge in [0.2, 0.25) is 0 Å². The Labute approximate surface area is 74.3 Å². The Morgan fingerprint density at radius 2 is 2.00 bits per heavy atom. The van der Waals surface area contributed by atoms with Gasteiger partial charge in [0.15, 0.2) is 0 Å². The highest BCUT2D eigenvalue weighted by Gasteiger charge is 1.94. The van der Waals surface area contributed by atoms with Crippen molar-refractivity contribution in [1.29, 1.82) is 0 Å². The van der Waals surface area contributed by atoms with E-state index < -0.39 is 0 Å². The highest BCUT2D eigenvalue weighted by Crippen LogP contribution is 2.18. The van der Waals surface area contributed by atoms with Crippen molar-refractivity contribution in [2.24, 2.45) is 5.73 Å². The lowest BCUT2D eigenvalue weighted by Gasteiger charge is -1.98. The topological polar surface area (TPSA) is 64.7 Å². The fourth-order valence-corrected chi connectivity index (χ4v) is 1.09. The van der Waals surface area contributed by atoms with Crippen LogP contribution < -0.4 is 5.73 Å². The standard InChI is InChI=1S/C7H9NO3S/c8-5-6-1-3-7(4-2-6)12-11-10-9/h1-4,9H,5,8H2. The quantitative estimate of drug-likeness (QED) is 0.425. The molecule has 0 aliphatic carbocycles. The Hall–Kier alpha value is -0.590. The van der Waals surface area contributed by atoms with Crippen molar-refractivity contribution >= 4 is 12.0 Å². The van der Waals surface area contributed by atoms with Gasteiger partial charge in [0.1, 0.15) is 0 Å². The first kappa shape index (κ1) is 9.50. The summed E-state index contributed by atoms with van der Waals surface area (Å²) in [6.45, 7) is 0.516. The zero-order chi connectivity index (χ0) is 8.81. The summed E-state index contributed by atoms with van der Waals surface area (Å²) in [6.07, 6.45) is 0. The molecule has 12 heavy (non-hydrogen) atoms. The van der Waals surface area contributed by atoms with Gasteiger partial charge in [-0.1, -0.05) is 17.2 Å². The summed E-state index contributed by atoms with van der Waals surface area (Å²) in [6, 6.07) is 7.41. The number of hydrogen-bond acceptors (Lipinski definition) is 5. The van der Waals surface area contributed by atoms with Crippen molar-refractivity contribution < 1.29 is 14.6 Å². The van der Waals surface area contributed by atoms with Gasteiger partial charge < -0.3 is 5.73 Å². The molecule has 0 atom stereocenters. The molecule has 0 fully saturated rings. The van der Waals surface area contributed by atoms with Crippen molar-refractivity contribution in [3.63, 3.8) is 0 Å². The van der Waals surface area contributed by atoms with Gasteiger partial charge in [-0.2, -0.15) is 0 Å². The monoisotopic (exact) mass is 187 g/mol. The van der Waals surface area contributed by atoms with E-state index in [1.54, 1.807) is 0 Å². The van der Waals surface area contributed by atoms with Gasteiger partial charge >= 0.3 is 0 Å². The molecule has 1 rings (SSSR count). The minimum atomic E-state index is 0.516. The van der Waals surface area contributed by atoms with Crippen LogP contribution in [0.3, 0.4) is 0 Å². The van der Waals surface area contributed by atoms with Crippen molar-refractivity contribution in [1.82, 2.24) is 0 Å². The van der Waals surface area contributed by atoms with E-state index in [0.717, 1.165) is 22.5 Å². The van der Waals surface area contributed by atoms with Crippen LogP contribution in [-0.4, -0.2) is 5.26 Å². The summed E-state index contributed by atoms with van der Waals surface area (Å²) in [5.41, 5.74) is 6.44. The van der Waals surface area contributed by atoms with Gasteiger partial charge in [0.05, 0.1) is 12.0 Å². The van der Waals surface area contributed by atoms with E-state index in [1.165, 1.54) is 0 Å². The first-order valence-electron chi connectivity index (χ1n) is 3.30. The van der Waals surface area contributed by atoms with Crippen LogP contribution in [0.15, 0.2) is 29.2 Å². The molecule has 0 aliphatic heterocycles. The molecule has 4 nitrogen and oxygen atoms in total. The number of nitrogens with two attached hydrogens (primary N) is 1. The molecule has 1 aromatic carbocycles. The zero-order valence-corrected chi connectivity index (χ0v) is 7.08. The maximum Gasteiger partial charge on any atom is 0.0714 e. The van der Waals surface area contributed by atoms with Gasteiger partial charge in [-0.05, 0) is 17.7 Å². The molecule has 0 saturated carbocycles. The van der Waals surface area contributed by atoms with E-state index in [4.69, 9.17) is 11.0 Å². The van der Waals surface area contributed by atoms with Gasteiger partial charge in [-0.25, -0.2) is 5.26 Å². The number of benzene rings is 1. The molecule has 0 aromatic heterocycles. The largest absolute Gasteiger partial charge is 0.326 e. The second-order valence-corrected chi connectivity index (χ2v) is 2.85. The van der Waals surface area contributed by atoms with Crippen LogP contribution in [-0.2, 0) is 15.9 Å². The molecular weight excluding hydrogens is 178 g/mol. The molecule has 0 heterocycles. The van der Waals surface area contributed by atoms with Crippen LogP contribution in [0, 0.1) is 0 Å². The van der Waals surface area contributed by atoms with Crippen molar-refractivity contribution in [2.45, 2.75) is 11.4 Å². The Balaban J connectivity index is 2.53. The summed E-state index contributed by atoms with van der Waals surface area (Å²) in [5.74, 6) is 0. The third-order valence-corrected chi connectivity index (χ3v) is 1.91. The predicted molar refractivity (Wildman–Crippen MR) is 45.0 cm³/mol. The summed E-state index contributed by atoms with van der Waals surface area (Å²) in [5, 5.41) is 11.3. The first-order chi connectivity index (χ1) is 5.86. The summed E-state index contributed by atoms with van der Waals surface area (Å²) >= 11 is 0.927. The maximum atomic E-state index is 7.87. The zero-order valence-electron chi connectivity index (χ0n) is 6.27. The molecular formula is C7H9NO3S. The molecule has 0 saturated heterocycles. The fourth-order valence-electron chi connectivity index (χ4n) is 0.736. The Morgan fingerprint density at radius 3 is 2.50 bits per heavy atom. The summed E-state index contributed by atoms with van der Waals surface area (Å²) in [7, 11) is 0. The van der Waals surface area contributed by atoms with Crippen molar-refractivity contribution in [3.05, 3.63) is 29.8 Å². The van der Waals surface area contributed by atoms with E-state index in [0.29, 0.717) is 6.54 Å². The second kappa shape index (κ2) is 5.13. The lowest BCUT2D eigenvalue weighted by Crippen LogP contribution is -1.94. The molecule has 0 amide bonds. The minimum absolute atomic E-state index is 0.516. The van der Waals surface area contributed by atoms with Crippen LogP contribution in [0.5, 0.6) is 0 Å². The lowest BCUT2D eigenvalue weighted by atomic mass is 10.2. The van der Waals surface area contributed by atoms with Gasteiger partial charge in [-0.3, -0.25) is 0 Å². The summed E-state index contributed by atoms with van der Waals surface area (Å²) < 4.78 is 4.23. The van der Waals surface area contributed by atoms with E-state index in [2.05, 4.69) is 9.37 Å². The second-order valence-electron chi connectivity index (χ2n) is 2.07. The Bertz CT molecular complexity index is 227. The maximum absolute atomic E-state index is 7.87. The molecule has 5 heteroatoms. The predicted octanol–water partition coefficient (Wildman–Crippen LogP) is 1.57. The molecule has 0 aliphatic rings. The molecule has 0 radical (unpaired) electrons. The van der Waals surface area contributed by atoms with E-state index in [9.17, 15) is 0 Å². The molecule has 66 valence electrons. The van der Waals surface area contributed by atoms with Crippen LogP contribution in [0.2, 0.25) is 0 Å². The molecule has 3 N–H and O–H groups in total. The number of rotatable bonds is 4. The molecule has 1 aromatic rings. The minimum Gasteiger partial charge on any atom is -0.326 e. The van der Waals surface area contributed by atoms with Gasteiger partial charge in [0.25, 0.3) is 0 Å². The van der Waals surface area contributed by atoms with Crippen LogP contribution in [0.4, 0.5) is 0 Å². The Morgan fingerprint density at radius 1 is 1.33 bits per heavy atom. The van der Waals surface area contributed by atoms with E-state index >= 15 is 0 Å². The summed E-state index contributed by atoms with van der Waals surface area (Å²) in [4.78, 5) is 0.834. The van der Waals surface area contributed by atoms with E-state index in [1.807, 2.05) is 24.3 Å². The number of hydrogen-bond donors (Lipinski definition) is 2. The van der Waals surface area contributed by atoms with E-state index in [-0.39, 0.29) is 0 Å².